The quantitative estimate of drug-likeness (QED) is 0.633. The smallest absolute Gasteiger partial charge is 0.256 e. The summed E-state index contributed by atoms with van der Waals surface area (Å²) in [6, 6.07) is 17.7. The Kier molecular flexibility index (Phi) is 4.97. The number of anilines is 1. The molecule has 0 aliphatic carbocycles. The standard InChI is InChI=1S/C23H20N2O5S/c26-23-20(19-3-1-2-4-21(19)24-23)15-17-7-10-22(30-17)16-5-8-18(9-6-16)31(27,28)25-11-13-29-14-12-25/h1-10,15H,11-14H2,(H,24,26)/b20-15-. The molecule has 2 aliphatic heterocycles. The predicted octanol–water partition coefficient (Wildman–Crippen LogP) is 3.46. The summed E-state index contributed by atoms with van der Waals surface area (Å²) in [7, 11) is -3.54. The lowest BCUT2D eigenvalue weighted by atomic mass is 10.1. The largest absolute Gasteiger partial charge is 0.457 e. The van der Waals surface area contributed by atoms with Crippen LogP contribution in [-0.2, 0) is 19.6 Å². The molecule has 1 N–H and O–H groups in total. The van der Waals surface area contributed by atoms with Gasteiger partial charge < -0.3 is 14.5 Å². The topological polar surface area (TPSA) is 88.9 Å². The second-order valence-electron chi connectivity index (χ2n) is 7.30. The Labute approximate surface area is 180 Å². The fourth-order valence-corrected chi connectivity index (χ4v) is 5.15. The van der Waals surface area contributed by atoms with Crippen molar-refractivity contribution in [2.75, 3.05) is 31.6 Å². The van der Waals surface area contributed by atoms with Crippen molar-refractivity contribution in [3.8, 4) is 11.3 Å². The van der Waals surface area contributed by atoms with Crippen LogP contribution in [0.4, 0.5) is 5.69 Å². The first kappa shape index (κ1) is 19.7. The van der Waals surface area contributed by atoms with Crippen LogP contribution in [0.25, 0.3) is 23.0 Å². The van der Waals surface area contributed by atoms with E-state index in [9.17, 15) is 13.2 Å². The number of benzene rings is 2. The van der Waals surface area contributed by atoms with E-state index < -0.39 is 10.0 Å². The Morgan fingerprint density at radius 3 is 2.45 bits per heavy atom. The van der Waals surface area contributed by atoms with Crippen LogP contribution in [0.3, 0.4) is 0 Å². The highest BCUT2D eigenvalue weighted by atomic mass is 32.2. The Balaban J connectivity index is 1.39. The zero-order chi connectivity index (χ0) is 21.4. The van der Waals surface area contributed by atoms with Crippen molar-refractivity contribution in [3.05, 3.63) is 72.0 Å². The number of hydrogen-bond donors (Lipinski definition) is 1. The van der Waals surface area contributed by atoms with Gasteiger partial charge in [0.15, 0.2) is 0 Å². The van der Waals surface area contributed by atoms with Gasteiger partial charge in [-0.1, -0.05) is 18.2 Å². The van der Waals surface area contributed by atoms with Gasteiger partial charge in [-0.2, -0.15) is 4.31 Å². The molecule has 0 spiro atoms. The first-order chi connectivity index (χ1) is 15.0. The molecule has 2 aromatic carbocycles. The van der Waals surface area contributed by atoms with Crippen LogP contribution < -0.4 is 5.32 Å². The van der Waals surface area contributed by atoms with Gasteiger partial charge in [-0.05, 0) is 48.5 Å². The van der Waals surface area contributed by atoms with E-state index in [1.54, 1.807) is 42.5 Å². The maximum atomic E-state index is 12.8. The zero-order valence-corrected chi connectivity index (χ0v) is 17.4. The molecule has 1 amide bonds. The van der Waals surface area contributed by atoms with E-state index in [1.165, 1.54) is 4.31 Å². The van der Waals surface area contributed by atoms with Crippen molar-refractivity contribution < 1.29 is 22.4 Å². The second kappa shape index (κ2) is 7.81. The maximum absolute atomic E-state index is 12.8. The van der Waals surface area contributed by atoms with E-state index in [-0.39, 0.29) is 10.8 Å². The summed E-state index contributed by atoms with van der Waals surface area (Å²) in [5.74, 6) is 0.965. The number of carbonyl (C=O) groups is 1. The molecule has 1 saturated heterocycles. The molecule has 8 heteroatoms. The highest BCUT2D eigenvalue weighted by Gasteiger charge is 2.26. The minimum Gasteiger partial charge on any atom is -0.457 e. The third kappa shape index (κ3) is 3.69. The number of sulfonamides is 1. The third-order valence-corrected chi connectivity index (χ3v) is 7.28. The molecule has 0 saturated carbocycles. The lowest BCUT2D eigenvalue weighted by Crippen LogP contribution is -2.40. The third-order valence-electron chi connectivity index (χ3n) is 5.37. The zero-order valence-electron chi connectivity index (χ0n) is 16.6. The van der Waals surface area contributed by atoms with Crippen molar-refractivity contribution >= 4 is 33.3 Å². The molecular weight excluding hydrogens is 416 g/mol. The number of hydrogen-bond acceptors (Lipinski definition) is 5. The summed E-state index contributed by atoms with van der Waals surface area (Å²) in [4.78, 5) is 12.5. The van der Waals surface area contributed by atoms with Crippen LogP contribution >= 0.6 is 0 Å². The summed E-state index contributed by atoms with van der Waals surface area (Å²) < 4.78 is 38.1. The van der Waals surface area contributed by atoms with Crippen LogP contribution in [0, 0.1) is 0 Å². The molecule has 1 fully saturated rings. The Bertz CT molecular complexity index is 1270. The average Bonchev–Trinajstić information content (AvgIpc) is 3.39. The van der Waals surface area contributed by atoms with E-state index >= 15 is 0 Å². The number of fused-ring (bicyclic) bond motifs is 1. The number of para-hydroxylation sites is 1. The second-order valence-corrected chi connectivity index (χ2v) is 9.24. The highest BCUT2D eigenvalue weighted by molar-refractivity contribution is 7.89. The van der Waals surface area contributed by atoms with Crippen molar-refractivity contribution in [2.45, 2.75) is 4.90 Å². The molecule has 1 aromatic heterocycles. The number of amides is 1. The van der Waals surface area contributed by atoms with Gasteiger partial charge in [0.2, 0.25) is 10.0 Å². The van der Waals surface area contributed by atoms with Crippen LogP contribution in [0.15, 0.2) is 70.0 Å². The summed E-state index contributed by atoms with van der Waals surface area (Å²) in [6.45, 7) is 1.53. The normalized spacial score (nSPS) is 18.2. The van der Waals surface area contributed by atoms with Crippen LogP contribution in [0.5, 0.6) is 0 Å². The van der Waals surface area contributed by atoms with Gasteiger partial charge in [0, 0.05) is 29.9 Å². The fourth-order valence-electron chi connectivity index (χ4n) is 3.74. The van der Waals surface area contributed by atoms with Gasteiger partial charge in [-0.3, -0.25) is 4.79 Å². The molecule has 2 aliphatic rings. The number of nitrogens with zero attached hydrogens (tertiary/aromatic N) is 1. The molecule has 3 aromatic rings. The number of rotatable bonds is 4. The van der Waals surface area contributed by atoms with Crippen LogP contribution in [0.2, 0.25) is 0 Å². The molecule has 7 nitrogen and oxygen atoms in total. The monoisotopic (exact) mass is 436 g/mol. The first-order valence-electron chi connectivity index (χ1n) is 9.93. The Hall–Kier alpha value is -3.20. The minimum atomic E-state index is -3.54. The fraction of sp³-hybridized carbons (Fsp3) is 0.174. The number of nitrogens with one attached hydrogen (secondary N) is 1. The van der Waals surface area contributed by atoms with Crippen molar-refractivity contribution in [2.24, 2.45) is 0 Å². The Morgan fingerprint density at radius 2 is 1.68 bits per heavy atom. The lowest BCUT2D eigenvalue weighted by Gasteiger charge is -2.26. The van der Waals surface area contributed by atoms with E-state index in [1.807, 2.05) is 24.3 Å². The molecule has 5 rings (SSSR count). The number of morpholine rings is 1. The van der Waals surface area contributed by atoms with Crippen LogP contribution in [-0.4, -0.2) is 44.9 Å². The molecule has 0 unspecified atom stereocenters. The minimum absolute atomic E-state index is 0.170. The molecule has 0 radical (unpaired) electrons. The number of furan rings is 1. The molecular formula is C23H20N2O5S. The van der Waals surface area contributed by atoms with Crippen molar-refractivity contribution in [1.82, 2.24) is 4.31 Å². The summed E-state index contributed by atoms with van der Waals surface area (Å²) >= 11 is 0. The molecule has 0 bridgehead atoms. The molecule has 31 heavy (non-hydrogen) atoms. The van der Waals surface area contributed by atoms with Gasteiger partial charge >= 0.3 is 0 Å². The van der Waals surface area contributed by atoms with Gasteiger partial charge in [-0.15, -0.1) is 0 Å². The van der Waals surface area contributed by atoms with Gasteiger partial charge in [0.25, 0.3) is 5.91 Å². The number of carbonyl (C=O) groups excluding carboxylic acids is 1. The average molecular weight is 436 g/mol. The molecule has 0 atom stereocenters. The molecule has 3 heterocycles. The van der Waals surface area contributed by atoms with Gasteiger partial charge in [-0.25, -0.2) is 8.42 Å². The maximum Gasteiger partial charge on any atom is 0.256 e. The SMILES string of the molecule is O=C1Nc2ccccc2/C1=C/c1ccc(-c2ccc(S(=O)(=O)N3CCOCC3)cc2)o1. The lowest BCUT2D eigenvalue weighted by molar-refractivity contribution is -0.110. The van der Waals surface area contributed by atoms with Crippen LogP contribution in [0.1, 0.15) is 11.3 Å². The highest BCUT2D eigenvalue weighted by Crippen LogP contribution is 2.34. The van der Waals surface area contributed by atoms with Crippen molar-refractivity contribution in [1.29, 1.82) is 0 Å². The van der Waals surface area contributed by atoms with E-state index in [4.69, 9.17) is 9.15 Å². The Morgan fingerprint density at radius 1 is 0.935 bits per heavy atom. The summed E-state index contributed by atoms with van der Waals surface area (Å²) in [6.07, 6.45) is 1.71. The van der Waals surface area contributed by atoms with E-state index in [0.29, 0.717) is 43.4 Å². The van der Waals surface area contributed by atoms with Gasteiger partial charge in [0.05, 0.1) is 23.7 Å². The van der Waals surface area contributed by atoms with E-state index in [2.05, 4.69) is 5.32 Å². The number of ether oxygens (including phenoxy) is 1. The predicted molar refractivity (Wildman–Crippen MR) is 117 cm³/mol. The van der Waals surface area contributed by atoms with Crippen molar-refractivity contribution in [3.63, 3.8) is 0 Å². The first-order valence-corrected chi connectivity index (χ1v) is 11.4. The molecule has 158 valence electrons. The summed E-state index contributed by atoms with van der Waals surface area (Å²) in [5, 5.41) is 2.84. The summed E-state index contributed by atoms with van der Waals surface area (Å²) in [5.41, 5.74) is 2.91. The van der Waals surface area contributed by atoms with E-state index in [0.717, 1.165) is 16.8 Å². The van der Waals surface area contributed by atoms with Gasteiger partial charge in [0.1, 0.15) is 11.5 Å².